The van der Waals surface area contributed by atoms with Gasteiger partial charge in [-0.25, -0.2) is 15.0 Å². The van der Waals surface area contributed by atoms with Crippen LogP contribution in [0.4, 0.5) is 0 Å². The maximum atomic E-state index is 9.34. The maximum Gasteiger partial charge on any atom is 0.164 e. The second-order valence-electron chi connectivity index (χ2n) is 12.7. The summed E-state index contributed by atoms with van der Waals surface area (Å²) in [7, 11) is 0. The quantitative estimate of drug-likeness (QED) is 0.177. The van der Waals surface area contributed by atoms with E-state index in [1.165, 1.54) is 11.1 Å². The third-order valence-electron chi connectivity index (χ3n) is 9.70. The lowest BCUT2D eigenvalue weighted by Gasteiger charge is -2.41. The molecule has 244 valence electrons. The van der Waals surface area contributed by atoms with Crippen molar-refractivity contribution in [1.29, 1.82) is 5.26 Å². The van der Waals surface area contributed by atoms with E-state index < -0.39 is 5.41 Å². The lowest BCUT2D eigenvalue weighted by molar-refractivity contribution is 0.435. The number of ether oxygens (including phenoxy) is 1. The van der Waals surface area contributed by atoms with Gasteiger partial charge in [0.2, 0.25) is 0 Å². The zero-order valence-corrected chi connectivity index (χ0v) is 28.0. The van der Waals surface area contributed by atoms with Crippen LogP contribution in [0, 0.1) is 11.3 Å². The molecule has 1 aliphatic rings. The number of rotatable bonds is 6. The van der Waals surface area contributed by atoms with Crippen LogP contribution in [0.5, 0.6) is 11.5 Å². The van der Waals surface area contributed by atoms with Crippen LogP contribution in [-0.4, -0.2) is 15.0 Å². The van der Waals surface area contributed by atoms with Crippen LogP contribution in [0.1, 0.15) is 27.8 Å². The standard InChI is InChI=1S/C47H30N4O/c48-31-32-23-25-34(26-24-32)45-49-44(33-13-4-1-5-14-33)50-46(51-45)37-16-12-15-35(29-37)36-27-28-41-43(30-36)52-42-22-11-10-21-40(42)47(41,38-17-6-2-7-18-38)39-19-8-3-9-20-39/h1-30H. The fourth-order valence-electron chi connectivity index (χ4n) is 7.27. The second kappa shape index (κ2) is 12.9. The van der Waals surface area contributed by atoms with Gasteiger partial charge in [0.05, 0.1) is 17.0 Å². The van der Waals surface area contributed by atoms with E-state index >= 15 is 0 Å². The lowest BCUT2D eigenvalue weighted by Crippen LogP contribution is -2.34. The number of nitriles is 1. The zero-order chi connectivity index (χ0) is 34.9. The normalized spacial score (nSPS) is 12.5. The molecule has 0 spiro atoms. The van der Waals surface area contributed by atoms with E-state index in [-0.39, 0.29) is 0 Å². The molecule has 0 aliphatic carbocycles. The third kappa shape index (κ3) is 5.31. The first-order chi connectivity index (χ1) is 25.7. The van der Waals surface area contributed by atoms with Gasteiger partial charge in [-0.05, 0) is 64.7 Å². The summed E-state index contributed by atoms with van der Waals surface area (Å²) in [4.78, 5) is 14.7. The van der Waals surface area contributed by atoms with Crippen molar-refractivity contribution in [3.05, 3.63) is 210 Å². The fourth-order valence-corrected chi connectivity index (χ4v) is 7.27. The minimum Gasteiger partial charge on any atom is -0.457 e. The van der Waals surface area contributed by atoms with Gasteiger partial charge in [0.25, 0.3) is 0 Å². The van der Waals surface area contributed by atoms with Gasteiger partial charge >= 0.3 is 0 Å². The monoisotopic (exact) mass is 666 g/mol. The summed E-state index contributed by atoms with van der Waals surface area (Å²) >= 11 is 0. The van der Waals surface area contributed by atoms with Crippen LogP contribution in [-0.2, 0) is 5.41 Å². The number of para-hydroxylation sites is 1. The number of nitrogens with zero attached hydrogens (tertiary/aromatic N) is 4. The fraction of sp³-hybridized carbons (Fsp3) is 0.0213. The molecule has 7 aromatic carbocycles. The van der Waals surface area contributed by atoms with E-state index in [4.69, 9.17) is 19.7 Å². The molecule has 0 saturated heterocycles. The Morgan fingerprint density at radius 2 is 0.885 bits per heavy atom. The maximum absolute atomic E-state index is 9.34. The minimum atomic E-state index is -0.576. The van der Waals surface area contributed by atoms with Crippen LogP contribution in [0.15, 0.2) is 182 Å². The Morgan fingerprint density at radius 1 is 0.404 bits per heavy atom. The highest BCUT2D eigenvalue weighted by Gasteiger charge is 2.45. The Morgan fingerprint density at radius 3 is 1.54 bits per heavy atom. The Labute approximate surface area is 302 Å². The average Bonchev–Trinajstić information content (AvgIpc) is 3.23. The summed E-state index contributed by atoms with van der Waals surface area (Å²) in [5.74, 6) is 3.32. The van der Waals surface area contributed by atoms with Crippen LogP contribution in [0.2, 0.25) is 0 Å². The molecule has 0 N–H and O–H groups in total. The van der Waals surface area contributed by atoms with Gasteiger partial charge in [-0.2, -0.15) is 5.26 Å². The van der Waals surface area contributed by atoms with Gasteiger partial charge in [0.1, 0.15) is 11.5 Å². The van der Waals surface area contributed by atoms with E-state index in [9.17, 15) is 5.26 Å². The van der Waals surface area contributed by atoms with Crippen molar-refractivity contribution in [2.24, 2.45) is 0 Å². The Bertz CT molecular complexity index is 2560. The predicted molar refractivity (Wildman–Crippen MR) is 205 cm³/mol. The summed E-state index contributed by atoms with van der Waals surface area (Å²) in [5, 5.41) is 9.34. The molecule has 0 bridgehead atoms. The Balaban J connectivity index is 1.18. The van der Waals surface area contributed by atoms with Crippen molar-refractivity contribution >= 4 is 0 Å². The first-order valence-electron chi connectivity index (χ1n) is 17.2. The van der Waals surface area contributed by atoms with Crippen molar-refractivity contribution in [2.45, 2.75) is 5.41 Å². The highest BCUT2D eigenvalue weighted by atomic mass is 16.5. The Hall–Kier alpha value is -7.16. The summed E-state index contributed by atoms with van der Waals surface area (Å²) in [6, 6.07) is 64.0. The van der Waals surface area contributed by atoms with Crippen molar-refractivity contribution < 1.29 is 4.74 Å². The van der Waals surface area contributed by atoms with Gasteiger partial charge in [0, 0.05) is 27.8 Å². The molecule has 8 aromatic rings. The number of hydrogen-bond acceptors (Lipinski definition) is 5. The Kier molecular flexibility index (Phi) is 7.68. The largest absolute Gasteiger partial charge is 0.457 e. The molecular weight excluding hydrogens is 637 g/mol. The first kappa shape index (κ1) is 30.9. The van der Waals surface area contributed by atoms with Crippen molar-refractivity contribution in [1.82, 2.24) is 15.0 Å². The molecular formula is C47H30N4O. The van der Waals surface area contributed by atoms with Crippen molar-refractivity contribution in [2.75, 3.05) is 0 Å². The van der Waals surface area contributed by atoms with Gasteiger partial charge < -0.3 is 4.74 Å². The topological polar surface area (TPSA) is 71.7 Å². The smallest absolute Gasteiger partial charge is 0.164 e. The highest BCUT2D eigenvalue weighted by Crippen LogP contribution is 2.55. The van der Waals surface area contributed by atoms with Gasteiger partial charge in [0.15, 0.2) is 17.5 Å². The van der Waals surface area contributed by atoms with E-state index in [2.05, 4.69) is 115 Å². The number of hydrogen-bond donors (Lipinski definition) is 0. The number of fused-ring (bicyclic) bond motifs is 2. The van der Waals surface area contributed by atoms with E-state index in [1.54, 1.807) is 12.1 Å². The predicted octanol–water partition coefficient (Wildman–Crippen LogP) is 10.9. The van der Waals surface area contributed by atoms with Crippen molar-refractivity contribution in [3.63, 3.8) is 0 Å². The van der Waals surface area contributed by atoms with E-state index in [0.717, 1.165) is 50.4 Å². The van der Waals surface area contributed by atoms with Crippen LogP contribution < -0.4 is 4.74 Å². The molecule has 52 heavy (non-hydrogen) atoms. The highest BCUT2D eigenvalue weighted by molar-refractivity contribution is 5.77. The lowest BCUT2D eigenvalue weighted by atomic mass is 9.63. The number of benzene rings is 7. The molecule has 0 radical (unpaired) electrons. The van der Waals surface area contributed by atoms with Crippen LogP contribution in [0.3, 0.4) is 0 Å². The summed E-state index contributed by atoms with van der Waals surface area (Å²) < 4.78 is 6.75. The van der Waals surface area contributed by atoms with Gasteiger partial charge in [-0.15, -0.1) is 0 Å². The zero-order valence-electron chi connectivity index (χ0n) is 28.0. The van der Waals surface area contributed by atoms with Crippen LogP contribution in [0.25, 0.3) is 45.3 Å². The molecule has 0 unspecified atom stereocenters. The molecule has 9 rings (SSSR count). The molecule has 0 fully saturated rings. The summed E-state index contributed by atoms with van der Waals surface area (Å²) in [5.41, 5.74) is 9.13. The molecule has 0 saturated carbocycles. The third-order valence-corrected chi connectivity index (χ3v) is 9.70. The first-order valence-corrected chi connectivity index (χ1v) is 17.2. The van der Waals surface area contributed by atoms with Gasteiger partial charge in [-0.3, -0.25) is 0 Å². The summed E-state index contributed by atoms with van der Waals surface area (Å²) in [6.07, 6.45) is 0. The molecule has 1 aromatic heterocycles. The summed E-state index contributed by atoms with van der Waals surface area (Å²) in [6.45, 7) is 0. The number of aromatic nitrogens is 3. The van der Waals surface area contributed by atoms with Crippen LogP contribution >= 0.6 is 0 Å². The molecule has 2 heterocycles. The van der Waals surface area contributed by atoms with Gasteiger partial charge in [-0.1, -0.05) is 140 Å². The van der Waals surface area contributed by atoms with Crippen molar-refractivity contribution in [3.8, 4) is 62.9 Å². The van der Waals surface area contributed by atoms with E-state index in [1.807, 2.05) is 60.7 Å². The molecule has 0 atom stereocenters. The minimum absolute atomic E-state index is 0.540. The second-order valence-corrected chi connectivity index (χ2v) is 12.7. The molecule has 5 heteroatoms. The molecule has 5 nitrogen and oxygen atoms in total. The SMILES string of the molecule is N#Cc1ccc(-c2nc(-c3ccccc3)nc(-c3cccc(-c4ccc5c(c4)Oc4ccccc4C5(c4ccccc4)c4ccccc4)c3)n2)cc1. The average molecular weight is 667 g/mol. The molecule has 1 aliphatic heterocycles. The molecule has 0 amide bonds. The van der Waals surface area contributed by atoms with E-state index in [0.29, 0.717) is 23.0 Å².